The molecule has 0 aliphatic carbocycles. The fraction of sp³-hybridized carbons (Fsp3) is 1.00. The number of hydrogen-bond acceptors (Lipinski definition) is 8. The summed E-state index contributed by atoms with van der Waals surface area (Å²) in [6.07, 6.45) is 0. The van der Waals surface area contributed by atoms with E-state index < -0.39 is 43.9 Å². The molecule has 2 unspecified atom stereocenters. The maximum absolute atomic E-state index is 9.85. The van der Waals surface area contributed by atoms with Crippen LogP contribution >= 0.6 is 0 Å². The zero-order chi connectivity index (χ0) is 13.6. The molecule has 11 heteroatoms. The quantitative estimate of drug-likeness (QED) is 0.431. The van der Waals surface area contributed by atoms with Crippen molar-refractivity contribution in [3.05, 3.63) is 0 Å². The number of aliphatic hydroxyl groups excluding tert-OH is 2. The Hall–Kier alpha value is 0.363. The molecule has 0 aliphatic heterocycles. The van der Waals surface area contributed by atoms with Crippen molar-refractivity contribution in [1.29, 1.82) is 0 Å². The fourth-order valence-corrected chi connectivity index (χ4v) is 0.548. The Morgan fingerprint density at radius 2 is 1.06 bits per heavy atom. The second-order valence-corrected chi connectivity index (χ2v) is 6.55. The first kappa shape index (κ1) is 22.5. The standard InChI is InChI=1S/2C3H8O4S.Zn/c2*1-3(2-4)8(5,6)7;/h2*3-4H,2H2,1H3,(H,5,6,7);/q;;+2/p-2. The average Bonchev–Trinajstić information content (AvgIpc) is 2.13. The van der Waals surface area contributed by atoms with Gasteiger partial charge in [-0.05, 0) is 13.8 Å². The van der Waals surface area contributed by atoms with Gasteiger partial charge < -0.3 is 19.3 Å². The van der Waals surface area contributed by atoms with Crippen molar-refractivity contribution in [2.24, 2.45) is 0 Å². The molecule has 2 atom stereocenters. The van der Waals surface area contributed by atoms with Gasteiger partial charge in [0.1, 0.15) is 0 Å². The van der Waals surface area contributed by atoms with Crippen molar-refractivity contribution in [3.63, 3.8) is 0 Å². The molecule has 0 aliphatic rings. The molecule has 0 spiro atoms. The second-order valence-electron chi connectivity index (χ2n) is 2.97. The summed E-state index contributed by atoms with van der Waals surface area (Å²) >= 11 is 0. The maximum Gasteiger partial charge on any atom is 2.00 e. The summed E-state index contributed by atoms with van der Waals surface area (Å²) in [6.45, 7) is 1.10. The van der Waals surface area contributed by atoms with E-state index >= 15 is 0 Å². The second kappa shape index (κ2) is 9.31. The van der Waals surface area contributed by atoms with Crippen molar-refractivity contribution in [1.82, 2.24) is 0 Å². The molecule has 0 saturated carbocycles. The van der Waals surface area contributed by atoms with Crippen LogP contribution in [0.25, 0.3) is 0 Å². The van der Waals surface area contributed by atoms with Gasteiger partial charge in [-0.2, -0.15) is 0 Å². The Balaban J connectivity index is -0.000000218. The molecular weight excluding hydrogens is 330 g/mol. The third-order valence-corrected chi connectivity index (χ3v) is 3.77. The first-order chi connectivity index (χ1) is 6.96. The van der Waals surface area contributed by atoms with Gasteiger partial charge in [0.05, 0.1) is 43.9 Å². The summed E-state index contributed by atoms with van der Waals surface area (Å²) in [7, 11) is -8.51. The molecule has 0 aromatic rings. The fourth-order valence-electron chi connectivity index (χ4n) is 0.183. The van der Waals surface area contributed by atoms with E-state index in [-0.39, 0.29) is 19.5 Å². The molecule has 0 heterocycles. The van der Waals surface area contributed by atoms with Crippen LogP contribution in [0.3, 0.4) is 0 Å². The summed E-state index contributed by atoms with van der Waals surface area (Å²) in [6, 6.07) is 0. The Bertz CT molecular complexity index is 337. The molecule has 17 heavy (non-hydrogen) atoms. The molecule has 0 rings (SSSR count). The van der Waals surface area contributed by atoms with E-state index in [0.29, 0.717) is 0 Å². The molecule has 0 bridgehead atoms. The Labute approximate surface area is 113 Å². The van der Waals surface area contributed by atoms with E-state index in [1.54, 1.807) is 0 Å². The maximum atomic E-state index is 9.85. The molecule has 0 aromatic carbocycles. The van der Waals surface area contributed by atoms with Crippen LogP contribution < -0.4 is 0 Å². The van der Waals surface area contributed by atoms with Crippen molar-refractivity contribution < 1.29 is 55.6 Å². The third kappa shape index (κ3) is 12.6. The van der Waals surface area contributed by atoms with E-state index in [2.05, 4.69) is 0 Å². The van der Waals surface area contributed by atoms with Gasteiger partial charge in [0.15, 0.2) is 0 Å². The Morgan fingerprint density at radius 1 is 0.882 bits per heavy atom. The minimum Gasteiger partial charge on any atom is -0.748 e. The minimum absolute atomic E-state index is 0. The Morgan fingerprint density at radius 3 is 1.06 bits per heavy atom. The molecule has 0 amide bonds. The predicted molar refractivity (Wildman–Crippen MR) is 52.5 cm³/mol. The van der Waals surface area contributed by atoms with Crippen LogP contribution in [0.1, 0.15) is 13.8 Å². The normalized spacial score (nSPS) is 14.9. The van der Waals surface area contributed by atoms with E-state index in [1.165, 1.54) is 0 Å². The number of rotatable bonds is 4. The van der Waals surface area contributed by atoms with Crippen molar-refractivity contribution >= 4 is 20.2 Å². The smallest absolute Gasteiger partial charge is 0.748 e. The van der Waals surface area contributed by atoms with Gasteiger partial charge in [-0.25, -0.2) is 16.8 Å². The van der Waals surface area contributed by atoms with Crippen molar-refractivity contribution in [3.8, 4) is 0 Å². The van der Waals surface area contributed by atoms with Crippen molar-refractivity contribution in [2.75, 3.05) is 13.2 Å². The largest absolute Gasteiger partial charge is 2.00 e. The van der Waals surface area contributed by atoms with Gasteiger partial charge >= 0.3 is 19.5 Å². The van der Waals surface area contributed by atoms with E-state index in [1.807, 2.05) is 0 Å². The SMILES string of the molecule is CC(CO)S(=O)(=O)[O-].CC(CO)S(=O)(=O)[O-].[Zn+2]. The topological polar surface area (TPSA) is 155 Å². The summed E-state index contributed by atoms with van der Waals surface area (Å²) in [5.74, 6) is 0. The van der Waals surface area contributed by atoms with Gasteiger partial charge in [-0.15, -0.1) is 0 Å². The van der Waals surface area contributed by atoms with Crippen LogP contribution in [-0.4, -0.2) is 59.9 Å². The van der Waals surface area contributed by atoms with Crippen LogP contribution in [0, 0.1) is 0 Å². The summed E-state index contributed by atoms with van der Waals surface area (Å²) in [4.78, 5) is 0. The summed E-state index contributed by atoms with van der Waals surface area (Å²) in [5.41, 5.74) is 0. The molecule has 2 N–H and O–H groups in total. The van der Waals surface area contributed by atoms with Crippen molar-refractivity contribution in [2.45, 2.75) is 24.3 Å². The average molecular weight is 344 g/mol. The monoisotopic (exact) mass is 342 g/mol. The van der Waals surface area contributed by atoms with Crippen LogP contribution in [-0.2, 0) is 39.7 Å². The molecule has 0 aromatic heterocycles. The Kier molecular flexibility index (Phi) is 12.3. The molecule has 0 saturated heterocycles. The van der Waals surface area contributed by atoms with Gasteiger partial charge in [-0.3, -0.25) is 0 Å². The predicted octanol–water partition coefficient (Wildman–Crippen LogP) is -2.18. The first-order valence-corrected chi connectivity index (χ1v) is 7.02. The number of hydrogen-bond donors (Lipinski definition) is 2. The molecule has 8 nitrogen and oxygen atoms in total. The van der Waals surface area contributed by atoms with E-state index in [4.69, 9.17) is 10.2 Å². The number of aliphatic hydroxyl groups is 2. The van der Waals surface area contributed by atoms with Crippen LogP contribution in [0.4, 0.5) is 0 Å². The summed E-state index contributed by atoms with van der Waals surface area (Å²) in [5, 5.41) is 13.8. The minimum atomic E-state index is -4.25. The zero-order valence-electron chi connectivity index (χ0n) is 9.44. The molecular formula is C6H14O8S2Zn. The molecule has 100 valence electrons. The third-order valence-electron chi connectivity index (χ3n) is 1.50. The van der Waals surface area contributed by atoms with Crippen LogP contribution in [0.2, 0.25) is 0 Å². The molecule has 0 radical (unpaired) electrons. The van der Waals surface area contributed by atoms with Gasteiger partial charge in [-0.1, -0.05) is 0 Å². The van der Waals surface area contributed by atoms with Gasteiger partial charge in [0.25, 0.3) is 0 Å². The van der Waals surface area contributed by atoms with Crippen LogP contribution in [0.15, 0.2) is 0 Å². The van der Waals surface area contributed by atoms with E-state index in [9.17, 15) is 25.9 Å². The molecule has 0 fully saturated rings. The van der Waals surface area contributed by atoms with E-state index in [0.717, 1.165) is 13.8 Å². The summed E-state index contributed by atoms with van der Waals surface area (Å²) < 4.78 is 59.1. The van der Waals surface area contributed by atoms with Gasteiger partial charge in [0.2, 0.25) is 0 Å². The first-order valence-electron chi connectivity index (χ1n) is 4.08. The van der Waals surface area contributed by atoms with Gasteiger partial charge in [0, 0.05) is 0 Å². The zero-order valence-corrected chi connectivity index (χ0v) is 14.0. The van der Waals surface area contributed by atoms with Crippen LogP contribution in [0.5, 0.6) is 0 Å².